The molecule has 1 fully saturated rings. The molecule has 0 radical (unpaired) electrons. The van der Waals surface area contributed by atoms with Crippen molar-refractivity contribution in [1.82, 2.24) is 10.2 Å². The highest BCUT2D eigenvalue weighted by Crippen LogP contribution is 2.25. The van der Waals surface area contributed by atoms with Crippen LogP contribution in [0.2, 0.25) is 0 Å². The summed E-state index contributed by atoms with van der Waals surface area (Å²) in [7, 11) is 0. The fourth-order valence-electron chi connectivity index (χ4n) is 3.19. The number of aromatic nitrogens is 2. The predicted molar refractivity (Wildman–Crippen MR) is 106 cm³/mol. The Balaban J connectivity index is 1.42. The number of esters is 1. The molecule has 1 atom stereocenters. The number of rotatable bonds is 5. The Morgan fingerprint density at radius 3 is 2.48 bits per heavy atom. The van der Waals surface area contributed by atoms with Crippen LogP contribution in [-0.4, -0.2) is 28.6 Å². The Morgan fingerprint density at radius 2 is 1.83 bits per heavy atom. The maximum absolute atomic E-state index is 12.4. The van der Waals surface area contributed by atoms with Crippen LogP contribution in [0.15, 0.2) is 52.9 Å². The molecule has 148 valence electrons. The first-order valence-electron chi connectivity index (χ1n) is 9.53. The second-order valence-corrected chi connectivity index (χ2v) is 7.05. The fraction of sp³-hybridized carbons (Fsp3) is 0.273. The summed E-state index contributed by atoms with van der Waals surface area (Å²) in [5, 5.41) is 8.03. The first-order valence-corrected chi connectivity index (χ1v) is 9.53. The van der Waals surface area contributed by atoms with Crippen molar-refractivity contribution < 1.29 is 18.7 Å². The van der Waals surface area contributed by atoms with E-state index in [9.17, 15) is 9.59 Å². The fourth-order valence-corrected chi connectivity index (χ4v) is 3.19. The van der Waals surface area contributed by atoms with Crippen molar-refractivity contribution >= 4 is 17.6 Å². The molecule has 0 saturated carbocycles. The maximum atomic E-state index is 12.4. The maximum Gasteiger partial charge on any atom is 0.338 e. The summed E-state index contributed by atoms with van der Waals surface area (Å²) >= 11 is 0. The smallest absolute Gasteiger partial charge is 0.338 e. The lowest BCUT2D eigenvalue weighted by atomic mass is 10.1. The van der Waals surface area contributed by atoms with Crippen molar-refractivity contribution in [1.29, 1.82) is 0 Å². The van der Waals surface area contributed by atoms with Crippen LogP contribution >= 0.6 is 0 Å². The van der Waals surface area contributed by atoms with Gasteiger partial charge in [-0.25, -0.2) is 4.79 Å². The molecule has 7 heteroatoms. The van der Waals surface area contributed by atoms with Gasteiger partial charge >= 0.3 is 5.97 Å². The van der Waals surface area contributed by atoms with Gasteiger partial charge in [0.15, 0.2) is 6.10 Å². The number of ether oxygens (including phenoxy) is 1. The van der Waals surface area contributed by atoms with E-state index < -0.39 is 12.1 Å². The SMILES string of the molecule is Cc1ccc(-c2nnc(C(C)OC(=O)c3ccc(N4CCCC4=O)cc3)o2)cc1. The highest BCUT2D eigenvalue weighted by molar-refractivity contribution is 5.96. The molecule has 29 heavy (non-hydrogen) atoms. The summed E-state index contributed by atoms with van der Waals surface area (Å²) in [6, 6.07) is 14.5. The number of benzene rings is 2. The molecule has 1 unspecified atom stereocenters. The molecule has 2 aromatic carbocycles. The monoisotopic (exact) mass is 391 g/mol. The highest BCUT2D eigenvalue weighted by atomic mass is 16.6. The lowest BCUT2D eigenvalue weighted by molar-refractivity contribution is -0.117. The van der Waals surface area contributed by atoms with E-state index in [1.54, 1.807) is 36.1 Å². The van der Waals surface area contributed by atoms with E-state index >= 15 is 0 Å². The van der Waals surface area contributed by atoms with Gasteiger partial charge in [-0.15, -0.1) is 10.2 Å². The first-order chi connectivity index (χ1) is 14.0. The van der Waals surface area contributed by atoms with Gasteiger partial charge in [-0.3, -0.25) is 4.79 Å². The lowest BCUT2D eigenvalue weighted by Crippen LogP contribution is -2.23. The van der Waals surface area contributed by atoms with Gasteiger partial charge in [0.05, 0.1) is 5.56 Å². The van der Waals surface area contributed by atoms with Crippen LogP contribution in [-0.2, 0) is 9.53 Å². The standard InChI is InChI=1S/C22H21N3O4/c1-14-5-7-16(8-6-14)21-24-23-20(29-21)15(2)28-22(27)17-9-11-18(12-10-17)25-13-3-4-19(25)26/h5-12,15H,3-4,13H2,1-2H3. The number of hydrogen-bond acceptors (Lipinski definition) is 6. The van der Waals surface area contributed by atoms with E-state index in [0.29, 0.717) is 24.4 Å². The molecular formula is C22H21N3O4. The Hall–Kier alpha value is -3.48. The highest BCUT2D eigenvalue weighted by Gasteiger charge is 2.23. The van der Waals surface area contributed by atoms with Crippen LogP contribution < -0.4 is 4.90 Å². The molecule has 0 aliphatic carbocycles. The number of hydrogen-bond donors (Lipinski definition) is 0. The molecule has 3 aromatic rings. The predicted octanol–water partition coefficient (Wildman–Crippen LogP) is 4.09. The average molecular weight is 391 g/mol. The average Bonchev–Trinajstić information content (AvgIpc) is 3.38. The summed E-state index contributed by atoms with van der Waals surface area (Å²) in [5.41, 5.74) is 3.12. The summed E-state index contributed by atoms with van der Waals surface area (Å²) in [6.45, 7) is 4.39. The van der Waals surface area contributed by atoms with Gasteiger partial charge in [0.25, 0.3) is 5.89 Å². The molecule has 1 aliphatic heterocycles. The molecule has 1 aliphatic rings. The van der Waals surface area contributed by atoms with Crippen LogP contribution in [0.5, 0.6) is 0 Å². The summed E-state index contributed by atoms with van der Waals surface area (Å²) < 4.78 is 11.1. The normalized spacial score (nSPS) is 14.8. The zero-order chi connectivity index (χ0) is 20.4. The van der Waals surface area contributed by atoms with E-state index in [1.165, 1.54) is 0 Å². The topological polar surface area (TPSA) is 85.5 Å². The third-order valence-electron chi connectivity index (χ3n) is 4.86. The minimum atomic E-state index is -0.686. The van der Waals surface area contributed by atoms with Gasteiger partial charge in [-0.2, -0.15) is 0 Å². The van der Waals surface area contributed by atoms with Crippen molar-refractivity contribution in [2.24, 2.45) is 0 Å². The number of carbonyl (C=O) groups is 2. The van der Waals surface area contributed by atoms with Gasteiger partial charge in [0.2, 0.25) is 11.8 Å². The zero-order valence-electron chi connectivity index (χ0n) is 16.3. The van der Waals surface area contributed by atoms with Crippen molar-refractivity contribution in [2.45, 2.75) is 32.8 Å². The molecule has 0 bridgehead atoms. The summed E-state index contributed by atoms with van der Waals surface area (Å²) in [5.74, 6) is 0.220. The van der Waals surface area contributed by atoms with Gasteiger partial charge < -0.3 is 14.1 Å². The molecule has 0 N–H and O–H groups in total. The number of anilines is 1. The largest absolute Gasteiger partial charge is 0.449 e. The van der Waals surface area contributed by atoms with E-state index in [2.05, 4.69) is 10.2 Å². The molecule has 2 heterocycles. The van der Waals surface area contributed by atoms with Gasteiger partial charge in [-0.05, 0) is 56.7 Å². The van der Waals surface area contributed by atoms with Crippen LogP contribution in [0, 0.1) is 6.92 Å². The van der Waals surface area contributed by atoms with Crippen LogP contribution in [0.3, 0.4) is 0 Å². The number of aryl methyl sites for hydroxylation is 1. The number of carbonyl (C=O) groups excluding carboxylic acids is 2. The van der Waals surface area contributed by atoms with E-state index in [-0.39, 0.29) is 11.8 Å². The lowest BCUT2D eigenvalue weighted by Gasteiger charge is -2.16. The van der Waals surface area contributed by atoms with Crippen molar-refractivity contribution in [2.75, 3.05) is 11.4 Å². The van der Waals surface area contributed by atoms with E-state index in [1.807, 2.05) is 31.2 Å². The summed E-state index contributed by atoms with van der Waals surface area (Å²) in [4.78, 5) is 26.0. The molecule has 1 aromatic heterocycles. The Bertz CT molecular complexity index is 1020. The van der Waals surface area contributed by atoms with Crippen LogP contribution in [0.4, 0.5) is 5.69 Å². The molecule has 4 rings (SSSR count). The van der Waals surface area contributed by atoms with Crippen LogP contribution in [0.1, 0.15) is 47.7 Å². The minimum Gasteiger partial charge on any atom is -0.449 e. The molecular weight excluding hydrogens is 370 g/mol. The molecule has 1 saturated heterocycles. The van der Waals surface area contributed by atoms with Gasteiger partial charge in [0, 0.05) is 24.2 Å². The van der Waals surface area contributed by atoms with E-state index in [0.717, 1.165) is 23.2 Å². The minimum absolute atomic E-state index is 0.106. The third-order valence-corrected chi connectivity index (χ3v) is 4.86. The van der Waals surface area contributed by atoms with Crippen molar-refractivity contribution in [3.8, 4) is 11.5 Å². The van der Waals surface area contributed by atoms with Gasteiger partial charge in [-0.1, -0.05) is 17.7 Å². The first kappa shape index (κ1) is 18.9. The Morgan fingerprint density at radius 1 is 1.10 bits per heavy atom. The quantitative estimate of drug-likeness (QED) is 0.609. The number of amides is 1. The van der Waals surface area contributed by atoms with Crippen molar-refractivity contribution in [3.05, 3.63) is 65.5 Å². The second-order valence-electron chi connectivity index (χ2n) is 7.05. The molecule has 7 nitrogen and oxygen atoms in total. The van der Waals surface area contributed by atoms with Crippen molar-refractivity contribution in [3.63, 3.8) is 0 Å². The van der Waals surface area contributed by atoms with Gasteiger partial charge in [0.1, 0.15) is 0 Å². The Kier molecular flexibility index (Phi) is 5.12. The number of nitrogens with zero attached hydrogens (tertiary/aromatic N) is 3. The summed E-state index contributed by atoms with van der Waals surface area (Å²) in [6.07, 6.45) is 0.736. The second kappa shape index (κ2) is 7.87. The Labute approximate surface area is 168 Å². The van der Waals surface area contributed by atoms with Crippen LogP contribution in [0.25, 0.3) is 11.5 Å². The molecule has 1 amide bonds. The zero-order valence-corrected chi connectivity index (χ0v) is 16.3. The third kappa shape index (κ3) is 4.03. The molecule has 0 spiro atoms. The van der Waals surface area contributed by atoms with E-state index in [4.69, 9.17) is 9.15 Å².